The smallest absolute Gasteiger partial charge is 0.408 e. The molecule has 4 N–H and O–H groups in total. The molecule has 0 aromatic heterocycles. The molecule has 1 saturated carbocycles. The Labute approximate surface area is 282 Å². The molecular formula is C35H51N5O8. The van der Waals surface area contributed by atoms with Crippen molar-refractivity contribution in [2.24, 2.45) is 5.92 Å². The number of rotatable bonds is 15. The number of hydrogen-bond acceptors (Lipinski definition) is 8. The van der Waals surface area contributed by atoms with Crippen molar-refractivity contribution in [2.75, 3.05) is 13.1 Å². The lowest BCUT2D eigenvalue weighted by Gasteiger charge is -2.35. The van der Waals surface area contributed by atoms with Crippen molar-refractivity contribution < 1.29 is 38.3 Å². The Bertz CT molecular complexity index is 1290. The van der Waals surface area contributed by atoms with E-state index in [0.717, 1.165) is 37.7 Å². The third-order valence-corrected chi connectivity index (χ3v) is 8.61. The quantitative estimate of drug-likeness (QED) is 0.163. The highest BCUT2D eigenvalue weighted by molar-refractivity contribution is 6.38. The molecule has 2 fully saturated rings. The molecule has 1 aromatic rings. The Morgan fingerprint density at radius 1 is 0.938 bits per heavy atom. The summed E-state index contributed by atoms with van der Waals surface area (Å²) in [5.41, 5.74) is -0.0331. The van der Waals surface area contributed by atoms with Crippen molar-refractivity contribution in [3.8, 4) is 0 Å². The molecule has 1 aliphatic heterocycles. The minimum absolute atomic E-state index is 0.0341. The monoisotopic (exact) mass is 669 g/mol. The first-order valence-corrected chi connectivity index (χ1v) is 17.0. The van der Waals surface area contributed by atoms with Crippen molar-refractivity contribution in [2.45, 2.75) is 122 Å². The molecule has 1 aliphatic carbocycles. The topological polar surface area (TPSA) is 180 Å². The summed E-state index contributed by atoms with van der Waals surface area (Å²) < 4.78 is 5.44. The van der Waals surface area contributed by atoms with Gasteiger partial charge in [0, 0.05) is 13.0 Å². The van der Waals surface area contributed by atoms with Gasteiger partial charge in [0.05, 0.1) is 18.6 Å². The predicted octanol–water partition coefficient (Wildman–Crippen LogP) is 2.87. The van der Waals surface area contributed by atoms with Crippen LogP contribution in [0.5, 0.6) is 0 Å². The van der Waals surface area contributed by atoms with E-state index in [1.54, 1.807) is 58.0 Å². The van der Waals surface area contributed by atoms with E-state index in [1.807, 2.05) is 0 Å². The van der Waals surface area contributed by atoms with Crippen LogP contribution in [0.25, 0.3) is 0 Å². The molecule has 264 valence electrons. The molecule has 48 heavy (non-hydrogen) atoms. The number of ether oxygens (including phenoxy) is 1. The summed E-state index contributed by atoms with van der Waals surface area (Å²) in [6.07, 6.45) is 6.05. The largest absolute Gasteiger partial charge is 0.444 e. The van der Waals surface area contributed by atoms with Gasteiger partial charge in [0.15, 0.2) is 0 Å². The van der Waals surface area contributed by atoms with Crippen LogP contribution in [-0.4, -0.2) is 83.5 Å². The Morgan fingerprint density at radius 3 is 2.25 bits per heavy atom. The third-order valence-electron chi connectivity index (χ3n) is 8.61. The fourth-order valence-electron chi connectivity index (χ4n) is 6.30. The molecular weight excluding hydrogens is 618 g/mol. The number of hydrogen-bond donors (Lipinski definition) is 4. The van der Waals surface area contributed by atoms with E-state index in [0.29, 0.717) is 32.1 Å². The molecule has 5 amide bonds. The molecule has 4 atom stereocenters. The molecule has 2 aliphatic rings. The number of aldehydes is 1. The van der Waals surface area contributed by atoms with Crippen LogP contribution in [0.4, 0.5) is 4.79 Å². The van der Waals surface area contributed by atoms with Gasteiger partial charge in [-0.05, 0) is 64.4 Å². The zero-order valence-electron chi connectivity index (χ0n) is 28.5. The van der Waals surface area contributed by atoms with Crippen LogP contribution >= 0.6 is 0 Å². The average molecular weight is 670 g/mol. The van der Waals surface area contributed by atoms with Crippen molar-refractivity contribution in [3.05, 3.63) is 35.9 Å². The van der Waals surface area contributed by atoms with Gasteiger partial charge in [0.2, 0.25) is 23.5 Å². The second kappa shape index (κ2) is 18.3. The maximum Gasteiger partial charge on any atom is 0.408 e. The number of amides is 5. The zero-order chi connectivity index (χ0) is 35.3. The molecule has 13 heteroatoms. The van der Waals surface area contributed by atoms with Crippen LogP contribution in [0, 0.1) is 5.92 Å². The number of benzene rings is 1. The van der Waals surface area contributed by atoms with Crippen LogP contribution < -0.4 is 21.3 Å². The molecule has 13 nitrogen and oxygen atoms in total. The summed E-state index contributed by atoms with van der Waals surface area (Å²) >= 11 is 0. The third kappa shape index (κ3) is 11.4. The van der Waals surface area contributed by atoms with Gasteiger partial charge in [-0.3, -0.25) is 24.0 Å². The van der Waals surface area contributed by atoms with Crippen LogP contribution in [0.2, 0.25) is 0 Å². The Balaban J connectivity index is 1.63. The lowest BCUT2D eigenvalue weighted by atomic mass is 9.83. The maximum absolute atomic E-state index is 14.0. The van der Waals surface area contributed by atoms with Crippen LogP contribution in [0.3, 0.4) is 0 Å². The van der Waals surface area contributed by atoms with E-state index in [4.69, 9.17) is 4.74 Å². The zero-order valence-corrected chi connectivity index (χ0v) is 28.5. The maximum atomic E-state index is 14.0. The van der Waals surface area contributed by atoms with E-state index >= 15 is 0 Å². The van der Waals surface area contributed by atoms with Crippen molar-refractivity contribution in [1.29, 1.82) is 0 Å². The normalized spacial score (nSPS) is 18.5. The highest BCUT2D eigenvalue weighted by atomic mass is 16.6. The Hall–Kier alpha value is -4.29. The van der Waals surface area contributed by atoms with Gasteiger partial charge in [-0.25, -0.2) is 4.79 Å². The molecule has 4 unspecified atom stereocenters. The number of nitrogens with zero attached hydrogens (tertiary/aromatic N) is 1. The summed E-state index contributed by atoms with van der Waals surface area (Å²) in [4.78, 5) is 91.5. The number of alkyl carbamates (subject to hydrolysis) is 1. The second-order valence-corrected chi connectivity index (χ2v) is 13.5. The van der Waals surface area contributed by atoms with E-state index in [-0.39, 0.29) is 24.7 Å². The molecule has 0 radical (unpaired) electrons. The fraction of sp³-hybridized carbons (Fsp3) is 0.629. The van der Waals surface area contributed by atoms with Gasteiger partial charge in [-0.15, -0.1) is 0 Å². The number of nitrogens with one attached hydrogen (secondary N) is 4. The number of carbonyl (C=O) groups excluding carboxylic acids is 7. The van der Waals surface area contributed by atoms with Crippen LogP contribution in [0.15, 0.2) is 30.3 Å². The van der Waals surface area contributed by atoms with Crippen LogP contribution in [0.1, 0.15) is 104 Å². The minimum atomic E-state index is -1.16. The number of carbonyl (C=O) groups is 7. The Kier molecular flexibility index (Phi) is 14.6. The lowest BCUT2D eigenvalue weighted by Crippen LogP contribution is -2.58. The first-order valence-electron chi connectivity index (χ1n) is 17.0. The van der Waals surface area contributed by atoms with Crippen molar-refractivity contribution in [3.63, 3.8) is 0 Å². The number of likely N-dealkylation sites (tertiary alicyclic amines) is 1. The van der Waals surface area contributed by atoms with Crippen LogP contribution in [-0.2, 0) is 33.5 Å². The predicted molar refractivity (Wildman–Crippen MR) is 177 cm³/mol. The SMILES string of the molecule is CCCC(NC(=O)C1CCCN1C(=O)C(NC(=O)OC(C)(C)C)C1CCCCC1)C(=O)C(=O)NCC(=O)NC(CC=O)c1ccccc1. The van der Waals surface area contributed by atoms with Gasteiger partial charge in [-0.1, -0.05) is 62.9 Å². The molecule has 1 aromatic carbocycles. The summed E-state index contributed by atoms with van der Waals surface area (Å²) in [5, 5.41) is 10.5. The number of ketones is 1. The minimum Gasteiger partial charge on any atom is -0.444 e. The van der Waals surface area contributed by atoms with Gasteiger partial charge in [0.1, 0.15) is 24.0 Å². The second-order valence-electron chi connectivity index (χ2n) is 13.5. The first kappa shape index (κ1) is 38.2. The molecule has 1 saturated heterocycles. The van der Waals surface area contributed by atoms with Crippen molar-refractivity contribution in [1.82, 2.24) is 26.2 Å². The van der Waals surface area contributed by atoms with E-state index in [2.05, 4.69) is 21.3 Å². The summed E-state index contributed by atoms with van der Waals surface area (Å²) in [5.74, 6) is -3.55. The molecule has 1 heterocycles. The standard InChI is InChI=1S/C35H51N5O8/c1-5-13-26(30(43)32(45)36-22-28(42)37-25(19-21-41)23-14-8-6-9-15-23)38-31(44)27-18-12-20-40(27)33(46)29(24-16-10-7-11-17-24)39-34(47)48-35(2,3)4/h6,8-9,14-15,21,24-27,29H,5,7,10-13,16-20,22H2,1-4H3,(H,36,45)(H,37,42)(H,38,44)(H,39,47). The van der Waals surface area contributed by atoms with Gasteiger partial charge in [-0.2, -0.15) is 0 Å². The van der Waals surface area contributed by atoms with Crippen molar-refractivity contribution >= 4 is 41.8 Å². The van der Waals surface area contributed by atoms with E-state index in [9.17, 15) is 33.6 Å². The molecule has 0 spiro atoms. The molecule has 0 bridgehead atoms. The lowest BCUT2D eigenvalue weighted by molar-refractivity contribution is -0.143. The summed E-state index contributed by atoms with van der Waals surface area (Å²) in [6, 6.07) is 5.40. The molecule has 3 rings (SSSR count). The van der Waals surface area contributed by atoms with E-state index in [1.165, 1.54) is 4.90 Å². The van der Waals surface area contributed by atoms with Gasteiger partial charge < -0.3 is 35.7 Å². The van der Waals surface area contributed by atoms with Gasteiger partial charge >= 0.3 is 6.09 Å². The van der Waals surface area contributed by atoms with E-state index < -0.39 is 65.9 Å². The average Bonchev–Trinajstić information content (AvgIpc) is 3.55. The summed E-state index contributed by atoms with van der Waals surface area (Å²) in [7, 11) is 0. The Morgan fingerprint density at radius 2 is 1.62 bits per heavy atom. The summed E-state index contributed by atoms with van der Waals surface area (Å²) in [6.45, 7) is 6.84. The highest BCUT2D eigenvalue weighted by Crippen LogP contribution is 2.30. The highest BCUT2D eigenvalue weighted by Gasteiger charge is 2.42. The first-order chi connectivity index (χ1) is 22.8. The fourth-order valence-corrected chi connectivity index (χ4v) is 6.30. The van der Waals surface area contributed by atoms with Gasteiger partial charge in [0.25, 0.3) is 5.91 Å². The number of Topliss-reactive ketones (excluding diaryl/α,β-unsaturated/α-hetero) is 1.